The molecule has 1 heterocycles. The number of pyridine rings is 1. The van der Waals surface area contributed by atoms with Gasteiger partial charge in [0.1, 0.15) is 0 Å². The van der Waals surface area contributed by atoms with Gasteiger partial charge in [0, 0.05) is 45.0 Å². The highest BCUT2D eigenvalue weighted by atomic mass is 16.1. The van der Waals surface area contributed by atoms with E-state index in [9.17, 15) is 4.79 Å². The summed E-state index contributed by atoms with van der Waals surface area (Å²) in [5.74, 6) is 0.953. The van der Waals surface area contributed by atoms with Crippen molar-refractivity contribution in [3.05, 3.63) is 46.9 Å². The fourth-order valence-electron chi connectivity index (χ4n) is 2.53. The molecule has 1 rings (SSSR count). The van der Waals surface area contributed by atoms with Gasteiger partial charge in [-0.1, -0.05) is 12.1 Å². The zero-order valence-corrected chi connectivity index (χ0v) is 15.4. The van der Waals surface area contributed by atoms with Gasteiger partial charge in [0.25, 0.3) is 5.56 Å². The van der Waals surface area contributed by atoms with E-state index in [-0.39, 0.29) is 5.56 Å². The number of rotatable bonds is 10. The second kappa shape index (κ2) is 11.5. The van der Waals surface area contributed by atoms with Crippen molar-refractivity contribution in [2.45, 2.75) is 46.1 Å². The van der Waals surface area contributed by atoms with Crippen LogP contribution in [0.2, 0.25) is 0 Å². The molecule has 0 amide bonds. The number of nitrogens with zero attached hydrogens (tertiary/aromatic N) is 3. The molecule has 0 aromatic carbocycles. The Balaban J connectivity index is 2.44. The Hall–Kier alpha value is -2.04. The first kappa shape index (κ1) is 20.0. The second-order valence-electron chi connectivity index (χ2n) is 5.95. The molecule has 0 saturated carbocycles. The Morgan fingerprint density at radius 3 is 2.83 bits per heavy atom. The lowest BCUT2D eigenvalue weighted by atomic mass is 10.3. The van der Waals surface area contributed by atoms with Gasteiger partial charge in [0.05, 0.1) is 0 Å². The van der Waals surface area contributed by atoms with Crippen LogP contribution in [0.25, 0.3) is 0 Å². The van der Waals surface area contributed by atoms with Gasteiger partial charge in [-0.2, -0.15) is 0 Å². The lowest BCUT2D eigenvalue weighted by molar-refractivity contribution is 0.469. The number of guanidine groups is 1. The Labute approximate surface area is 146 Å². The number of hydrogen-bond acceptors (Lipinski definition) is 2. The molecule has 0 atom stereocenters. The van der Waals surface area contributed by atoms with Gasteiger partial charge in [-0.25, -0.2) is 0 Å². The molecule has 0 aliphatic carbocycles. The second-order valence-corrected chi connectivity index (χ2v) is 5.95. The molecule has 24 heavy (non-hydrogen) atoms. The number of hydrogen-bond donors (Lipinski definition) is 1. The predicted molar refractivity (Wildman–Crippen MR) is 103 cm³/mol. The van der Waals surface area contributed by atoms with Crippen LogP contribution in [0, 0.1) is 6.92 Å². The number of allylic oxidation sites excluding steroid dienone is 1. The van der Waals surface area contributed by atoms with Crippen LogP contribution >= 0.6 is 0 Å². The predicted octanol–water partition coefficient (Wildman–Crippen LogP) is 2.80. The molecule has 0 unspecified atom stereocenters. The highest BCUT2D eigenvalue weighted by Crippen LogP contribution is 2.00. The summed E-state index contributed by atoms with van der Waals surface area (Å²) < 4.78 is 1.83. The highest BCUT2D eigenvalue weighted by molar-refractivity contribution is 5.79. The van der Waals surface area contributed by atoms with E-state index in [0.717, 1.165) is 63.5 Å². The molecule has 1 aromatic rings. The van der Waals surface area contributed by atoms with Gasteiger partial charge in [-0.05, 0) is 45.6 Å². The zero-order chi connectivity index (χ0) is 17.8. The Morgan fingerprint density at radius 1 is 1.38 bits per heavy atom. The minimum atomic E-state index is 0.0776. The lowest BCUT2D eigenvalue weighted by Crippen LogP contribution is -2.39. The summed E-state index contributed by atoms with van der Waals surface area (Å²) >= 11 is 0. The summed E-state index contributed by atoms with van der Waals surface area (Å²) in [7, 11) is 2.07. The molecule has 0 aliphatic rings. The molecule has 1 aromatic heterocycles. The number of unbranched alkanes of at least 4 members (excludes halogenated alkanes) is 2. The molecular formula is C19H32N4O. The maximum absolute atomic E-state index is 11.8. The average molecular weight is 332 g/mol. The summed E-state index contributed by atoms with van der Waals surface area (Å²) in [5.41, 5.74) is 1.09. The van der Waals surface area contributed by atoms with E-state index >= 15 is 0 Å². The fraction of sp³-hybridized carbons (Fsp3) is 0.579. The van der Waals surface area contributed by atoms with Crippen molar-refractivity contribution in [2.24, 2.45) is 4.99 Å². The molecule has 0 fully saturated rings. The SMILES string of the molecule is C=CCCCN(C)C(=NCCCCn1c(C)cccc1=O)NCC. The van der Waals surface area contributed by atoms with E-state index in [4.69, 9.17) is 0 Å². The van der Waals surface area contributed by atoms with Crippen LogP contribution < -0.4 is 10.9 Å². The molecule has 0 spiro atoms. The first-order chi connectivity index (χ1) is 11.6. The van der Waals surface area contributed by atoms with E-state index < -0.39 is 0 Å². The van der Waals surface area contributed by atoms with Crippen molar-refractivity contribution in [1.29, 1.82) is 0 Å². The van der Waals surface area contributed by atoms with Crippen molar-refractivity contribution in [3.63, 3.8) is 0 Å². The first-order valence-electron chi connectivity index (χ1n) is 8.87. The average Bonchev–Trinajstić information content (AvgIpc) is 2.56. The summed E-state index contributed by atoms with van der Waals surface area (Å²) in [4.78, 5) is 18.7. The van der Waals surface area contributed by atoms with Crippen LogP contribution in [0.15, 0.2) is 40.6 Å². The minimum Gasteiger partial charge on any atom is -0.357 e. The van der Waals surface area contributed by atoms with Crippen molar-refractivity contribution in [2.75, 3.05) is 26.7 Å². The molecule has 0 saturated heterocycles. The number of aromatic nitrogens is 1. The van der Waals surface area contributed by atoms with Crippen molar-refractivity contribution < 1.29 is 0 Å². The van der Waals surface area contributed by atoms with Crippen LogP contribution in [0.4, 0.5) is 0 Å². The summed E-state index contributed by atoms with van der Waals surface area (Å²) in [6.45, 7) is 11.2. The quantitative estimate of drug-likeness (QED) is 0.310. The molecular weight excluding hydrogens is 300 g/mol. The molecule has 5 heteroatoms. The van der Waals surface area contributed by atoms with Gasteiger partial charge >= 0.3 is 0 Å². The van der Waals surface area contributed by atoms with Gasteiger partial charge in [0.2, 0.25) is 0 Å². The van der Waals surface area contributed by atoms with Crippen LogP contribution in [-0.4, -0.2) is 42.1 Å². The van der Waals surface area contributed by atoms with Crippen LogP contribution in [0.1, 0.15) is 38.3 Å². The zero-order valence-electron chi connectivity index (χ0n) is 15.4. The standard InChI is InChI=1S/C19H32N4O/c1-5-7-9-15-22(4)19(20-6-2)21-14-8-10-16-23-17(3)12-11-13-18(23)24/h5,11-13H,1,6-10,14-16H2,2-4H3,(H,20,21). The normalized spacial score (nSPS) is 11.4. The van der Waals surface area contributed by atoms with E-state index in [2.05, 4.69) is 35.8 Å². The Bertz CT molecular complexity index is 577. The van der Waals surface area contributed by atoms with Crippen LogP contribution in [-0.2, 0) is 6.54 Å². The maximum Gasteiger partial charge on any atom is 0.250 e. The van der Waals surface area contributed by atoms with E-state index in [1.165, 1.54) is 0 Å². The number of nitrogens with one attached hydrogen (secondary N) is 1. The Kier molecular flexibility index (Phi) is 9.58. The van der Waals surface area contributed by atoms with Crippen molar-refractivity contribution in [1.82, 2.24) is 14.8 Å². The molecule has 5 nitrogen and oxygen atoms in total. The van der Waals surface area contributed by atoms with E-state index in [1.807, 2.05) is 29.7 Å². The number of aryl methyl sites for hydroxylation is 1. The number of aliphatic imine (C=N–C) groups is 1. The summed E-state index contributed by atoms with van der Waals surface area (Å²) in [5, 5.41) is 3.33. The van der Waals surface area contributed by atoms with Crippen molar-refractivity contribution >= 4 is 5.96 Å². The first-order valence-corrected chi connectivity index (χ1v) is 8.87. The molecule has 0 aliphatic heterocycles. The third kappa shape index (κ3) is 7.02. The molecule has 1 N–H and O–H groups in total. The monoisotopic (exact) mass is 332 g/mol. The third-order valence-electron chi connectivity index (χ3n) is 3.92. The Morgan fingerprint density at radius 2 is 2.17 bits per heavy atom. The van der Waals surface area contributed by atoms with Gasteiger partial charge in [-0.3, -0.25) is 9.79 Å². The van der Waals surface area contributed by atoms with Crippen LogP contribution in [0.3, 0.4) is 0 Å². The molecule has 134 valence electrons. The topological polar surface area (TPSA) is 49.6 Å². The fourth-order valence-corrected chi connectivity index (χ4v) is 2.53. The lowest BCUT2D eigenvalue weighted by Gasteiger charge is -2.21. The largest absolute Gasteiger partial charge is 0.357 e. The highest BCUT2D eigenvalue weighted by Gasteiger charge is 2.04. The van der Waals surface area contributed by atoms with Gasteiger partial charge < -0.3 is 14.8 Å². The summed E-state index contributed by atoms with van der Waals surface area (Å²) in [6, 6.07) is 5.40. The van der Waals surface area contributed by atoms with Gasteiger partial charge in [0.15, 0.2) is 5.96 Å². The third-order valence-corrected chi connectivity index (χ3v) is 3.92. The maximum atomic E-state index is 11.8. The minimum absolute atomic E-state index is 0.0776. The van der Waals surface area contributed by atoms with Gasteiger partial charge in [-0.15, -0.1) is 6.58 Å². The smallest absolute Gasteiger partial charge is 0.250 e. The van der Waals surface area contributed by atoms with E-state index in [1.54, 1.807) is 6.07 Å². The van der Waals surface area contributed by atoms with Crippen molar-refractivity contribution in [3.8, 4) is 0 Å². The van der Waals surface area contributed by atoms with Crippen LogP contribution in [0.5, 0.6) is 0 Å². The summed E-state index contributed by atoms with van der Waals surface area (Å²) in [6.07, 6.45) is 5.98. The molecule has 0 bridgehead atoms. The molecule has 0 radical (unpaired) electrons. The van der Waals surface area contributed by atoms with E-state index in [0.29, 0.717) is 0 Å².